The Morgan fingerprint density at radius 2 is 2.25 bits per heavy atom. The molecule has 3 N–H and O–H groups in total. The van der Waals surface area contributed by atoms with Gasteiger partial charge in [0.25, 0.3) is 0 Å². The summed E-state index contributed by atoms with van der Waals surface area (Å²) < 4.78 is 0. The van der Waals surface area contributed by atoms with E-state index >= 15 is 0 Å². The predicted molar refractivity (Wildman–Crippen MR) is 43.5 cm³/mol. The first-order valence-electron chi connectivity index (χ1n) is 3.94. The number of hydrazine groups is 1. The van der Waals surface area contributed by atoms with E-state index in [1.165, 1.54) is 0 Å². The number of fused-ring (bicyclic) bond motifs is 1. The van der Waals surface area contributed by atoms with Crippen molar-refractivity contribution in [1.82, 2.24) is 21.1 Å². The van der Waals surface area contributed by atoms with E-state index in [0.29, 0.717) is 0 Å². The highest BCUT2D eigenvalue weighted by Crippen LogP contribution is 2.12. The van der Waals surface area contributed by atoms with Gasteiger partial charge in [-0.15, -0.1) is 0 Å². The zero-order valence-electron chi connectivity index (χ0n) is 7.09. The molecule has 0 saturated carbocycles. The van der Waals surface area contributed by atoms with Crippen LogP contribution in [0.15, 0.2) is 11.9 Å². The number of hydrogen-bond donors (Lipinski definition) is 3. The summed E-state index contributed by atoms with van der Waals surface area (Å²) in [6, 6.07) is -0.230. The van der Waals surface area contributed by atoms with Crippen LogP contribution in [0.2, 0.25) is 0 Å². The molecule has 0 radical (unpaired) electrons. The molecule has 0 spiro atoms. The van der Waals surface area contributed by atoms with E-state index in [-0.39, 0.29) is 18.1 Å². The monoisotopic (exact) mass is 168 g/mol. The zero-order valence-corrected chi connectivity index (χ0v) is 7.09. The Labute approximate surface area is 70.8 Å². The molecule has 2 atom stereocenters. The Morgan fingerprint density at radius 1 is 1.50 bits per heavy atom. The van der Waals surface area contributed by atoms with Crippen LogP contribution in [-0.2, 0) is 4.79 Å². The molecule has 1 amide bonds. The molecule has 5 nitrogen and oxygen atoms in total. The van der Waals surface area contributed by atoms with Gasteiger partial charge in [-0.05, 0) is 6.92 Å². The van der Waals surface area contributed by atoms with Crippen molar-refractivity contribution in [1.29, 1.82) is 0 Å². The smallest absolute Gasteiger partial charge is 0.246 e. The normalized spacial score (nSPS) is 33.7. The van der Waals surface area contributed by atoms with Crippen LogP contribution in [0.3, 0.4) is 0 Å². The van der Waals surface area contributed by atoms with E-state index in [1.54, 1.807) is 5.01 Å². The lowest BCUT2D eigenvalue weighted by molar-refractivity contribution is -0.124. The Hall–Kier alpha value is -1.23. The van der Waals surface area contributed by atoms with E-state index in [2.05, 4.69) is 16.1 Å². The number of amides is 1. The third kappa shape index (κ3) is 1.02. The van der Waals surface area contributed by atoms with Crippen molar-refractivity contribution in [2.24, 2.45) is 0 Å². The van der Waals surface area contributed by atoms with Gasteiger partial charge in [0.1, 0.15) is 6.04 Å². The van der Waals surface area contributed by atoms with Crippen LogP contribution >= 0.6 is 0 Å². The SMILES string of the molecule is CC1NC(=O)C2NN(C)C=C2N1. The first-order valence-corrected chi connectivity index (χ1v) is 3.94. The fraction of sp³-hybridized carbons (Fsp3) is 0.571. The van der Waals surface area contributed by atoms with Gasteiger partial charge in [-0.2, -0.15) is 0 Å². The summed E-state index contributed by atoms with van der Waals surface area (Å²) in [4.78, 5) is 11.4. The standard InChI is InChI=1S/C7H12N4O/c1-4-8-5-3-11(2)10-6(5)7(12)9-4/h3-4,6,8,10H,1-2H3,(H,9,12). The molecule has 2 aliphatic rings. The number of carbonyl (C=O) groups excluding carboxylic acids is 1. The van der Waals surface area contributed by atoms with Crippen LogP contribution in [0.25, 0.3) is 0 Å². The minimum atomic E-state index is -0.230. The number of hydrogen-bond acceptors (Lipinski definition) is 4. The van der Waals surface area contributed by atoms with Crippen LogP contribution in [0.5, 0.6) is 0 Å². The van der Waals surface area contributed by atoms with E-state index < -0.39 is 0 Å². The minimum Gasteiger partial charge on any atom is -0.366 e. The maximum absolute atomic E-state index is 11.4. The van der Waals surface area contributed by atoms with E-state index in [9.17, 15) is 4.79 Å². The summed E-state index contributed by atoms with van der Waals surface area (Å²) >= 11 is 0. The summed E-state index contributed by atoms with van der Waals surface area (Å²) in [6.45, 7) is 1.91. The van der Waals surface area contributed by atoms with Gasteiger partial charge in [0, 0.05) is 13.2 Å². The fourth-order valence-electron chi connectivity index (χ4n) is 1.50. The molecule has 1 saturated heterocycles. The summed E-state index contributed by atoms with van der Waals surface area (Å²) in [7, 11) is 1.87. The highest BCUT2D eigenvalue weighted by Gasteiger charge is 2.33. The summed E-state index contributed by atoms with van der Waals surface area (Å²) in [5.74, 6) is 0.0249. The van der Waals surface area contributed by atoms with Gasteiger partial charge in [-0.3, -0.25) is 4.79 Å². The molecule has 5 heteroatoms. The lowest BCUT2D eigenvalue weighted by Crippen LogP contribution is -2.58. The van der Waals surface area contributed by atoms with Crippen molar-refractivity contribution in [3.63, 3.8) is 0 Å². The summed E-state index contributed by atoms with van der Waals surface area (Å²) in [5, 5.41) is 7.74. The summed E-state index contributed by atoms with van der Waals surface area (Å²) in [6.07, 6.45) is 1.91. The van der Waals surface area contributed by atoms with Crippen LogP contribution in [0.4, 0.5) is 0 Å². The van der Waals surface area contributed by atoms with Crippen molar-refractivity contribution in [2.75, 3.05) is 7.05 Å². The second-order valence-electron chi connectivity index (χ2n) is 3.13. The Bertz CT molecular complexity index is 250. The third-order valence-electron chi connectivity index (χ3n) is 1.98. The van der Waals surface area contributed by atoms with Gasteiger partial charge in [-0.25, -0.2) is 5.43 Å². The Morgan fingerprint density at radius 3 is 3.00 bits per heavy atom. The average Bonchev–Trinajstić information content (AvgIpc) is 2.29. The second kappa shape index (κ2) is 2.38. The largest absolute Gasteiger partial charge is 0.366 e. The molecule has 0 aromatic carbocycles. The van der Waals surface area contributed by atoms with Crippen LogP contribution in [0.1, 0.15) is 6.92 Å². The minimum absolute atomic E-state index is 0.0216. The number of nitrogens with one attached hydrogen (secondary N) is 3. The van der Waals surface area contributed by atoms with Crippen molar-refractivity contribution in [3.8, 4) is 0 Å². The third-order valence-corrected chi connectivity index (χ3v) is 1.98. The van der Waals surface area contributed by atoms with E-state index in [4.69, 9.17) is 0 Å². The molecule has 12 heavy (non-hydrogen) atoms. The molecule has 2 heterocycles. The molecular formula is C7H12N4O. The summed E-state index contributed by atoms with van der Waals surface area (Å²) in [5.41, 5.74) is 3.93. The van der Waals surface area contributed by atoms with Crippen molar-refractivity contribution in [2.45, 2.75) is 19.1 Å². The van der Waals surface area contributed by atoms with Crippen molar-refractivity contribution < 1.29 is 4.79 Å². The maximum Gasteiger partial charge on any atom is 0.246 e. The molecule has 2 aliphatic heterocycles. The second-order valence-corrected chi connectivity index (χ2v) is 3.13. The number of nitrogens with zero attached hydrogens (tertiary/aromatic N) is 1. The molecule has 2 unspecified atom stereocenters. The van der Waals surface area contributed by atoms with Crippen molar-refractivity contribution in [3.05, 3.63) is 11.9 Å². The molecule has 0 aliphatic carbocycles. The first-order chi connectivity index (χ1) is 5.66. The lowest BCUT2D eigenvalue weighted by atomic mass is 10.2. The van der Waals surface area contributed by atoms with Crippen LogP contribution < -0.4 is 16.1 Å². The quantitative estimate of drug-likeness (QED) is 0.421. The zero-order chi connectivity index (χ0) is 8.72. The van der Waals surface area contributed by atoms with Gasteiger partial charge in [0.2, 0.25) is 5.91 Å². The molecule has 2 rings (SSSR count). The fourth-order valence-corrected chi connectivity index (χ4v) is 1.50. The van der Waals surface area contributed by atoms with Gasteiger partial charge in [0.15, 0.2) is 0 Å². The molecular weight excluding hydrogens is 156 g/mol. The number of carbonyl (C=O) groups is 1. The highest BCUT2D eigenvalue weighted by molar-refractivity contribution is 5.86. The van der Waals surface area contributed by atoms with Crippen LogP contribution in [-0.4, -0.2) is 30.2 Å². The molecule has 0 bridgehead atoms. The Balaban J connectivity index is 2.21. The number of rotatable bonds is 0. The highest BCUT2D eigenvalue weighted by atomic mass is 16.2. The molecule has 66 valence electrons. The Kier molecular flexibility index (Phi) is 1.47. The van der Waals surface area contributed by atoms with Gasteiger partial charge < -0.3 is 15.6 Å². The average molecular weight is 168 g/mol. The molecule has 0 aromatic rings. The molecule has 1 fully saturated rings. The van der Waals surface area contributed by atoms with Gasteiger partial charge in [-0.1, -0.05) is 0 Å². The topological polar surface area (TPSA) is 56.4 Å². The van der Waals surface area contributed by atoms with E-state index in [1.807, 2.05) is 20.2 Å². The van der Waals surface area contributed by atoms with E-state index in [0.717, 1.165) is 5.70 Å². The maximum atomic E-state index is 11.4. The van der Waals surface area contributed by atoms with Gasteiger partial charge >= 0.3 is 0 Å². The first kappa shape index (κ1) is 7.42. The predicted octanol–water partition coefficient (Wildman–Crippen LogP) is -1.29. The molecule has 0 aromatic heterocycles. The lowest BCUT2D eigenvalue weighted by Gasteiger charge is -2.28. The van der Waals surface area contributed by atoms with Crippen LogP contribution in [0, 0.1) is 0 Å². The van der Waals surface area contributed by atoms with Crippen molar-refractivity contribution >= 4 is 5.91 Å². The van der Waals surface area contributed by atoms with Gasteiger partial charge in [0.05, 0.1) is 11.9 Å².